The summed E-state index contributed by atoms with van der Waals surface area (Å²) in [4.78, 5) is 10.7. The van der Waals surface area contributed by atoms with Crippen molar-refractivity contribution in [3.05, 3.63) is 28.2 Å². The minimum absolute atomic E-state index is 0.0263. The van der Waals surface area contributed by atoms with Crippen LogP contribution in [0, 0.1) is 5.41 Å². The Balaban J connectivity index is 1.68. The molecule has 1 aromatic rings. The first-order chi connectivity index (χ1) is 9.52. The SMILES string of the molecule is O=C(O)CC1(CSCCOc2c(Cl)cccc2Cl)CC1. The van der Waals surface area contributed by atoms with Crippen LogP contribution in [0.1, 0.15) is 19.3 Å². The lowest BCUT2D eigenvalue weighted by molar-refractivity contribution is -0.138. The Morgan fingerprint density at radius 1 is 1.35 bits per heavy atom. The zero-order valence-electron chi connectivity index (χ0n) is 10.9. The van der Waals surface area contributed by atoms with E-state index in [-0.39, 0.29) is 11.8 Å². The summed E-state index contributed by atoms with van der Waals surface area (Å²) < 4.78 is 5.58. The minimum atomic E-state index is -0.706. The van der Waals surface area contributed by atoms with Gasteiger partial charge in [-0.1, -0.05) is 29.3 Å². The summed E-state index contributed by atoms with van der Waals surface area (Å²) in [5.74, 6) is 1.48. The summed E-state index contributed by atoms with van der Waals surface area (Å²) >= 11 is 13.7. The number of benzene rings is 1. The second kappa shape index (κ2) is 6.92. The summed E-state index contributed by atoms with van der Waals surface area (Å²) in [5.41, 5.74) is 0.0263. The van der Waals surface area contributed by atoms with Gasteiger partial charge < -0.3 is 9.84 Å². The highest BCUT2D eigenvalue weighted by atomic mass is 35.5. The van der Waals surface area contributed by atoms with E-state index in [2.05, 4.69) is 0 Å². The fourth-order valence-electron chi connectivity index (χ4n) is 1.98. The van der Waals surface area contributed by atoms with Gasteiger partial charge in [-0.2, -0.15) is 11.8 Å². The smallest absolute Gasteiger partial charge is 0.303 e. The number of para-hydroxylation sites is 1. The number of aliphatic carboxylic acids is 1. The zero-order chi connectivity index (χ0) is 14.6. The number of carboxylic acid groups (broad SMARTS) is 1. The van der Waals surface area contributed by atoms with Crippen LogP contribution in [0.3, 0.4) is 0 Å². The average Bonchev–Trinajstić information content (AvgIpc) is 3.11. The molecule has 0 spiro atoms. The molecular formula is C14H16Cl2O3S. The van der Waals surface area contributed by atoms with E-state index in [4.69, 9.17) is 33.0 Å². The summed E-state index contributed by atoms with van der Waals surface area (Å²) in [7, 11) is 0. The van der Waals surface area contributed by atoms with Crippen LogP contribution in [-0.4, -0.2) is 29.2 Å². The Bertz CT molecular complexity index is 469. The lowest BCUT2D eigenvalue weighted by atomic mass is 10.1. The summed E-state index contributed by atoms with van der Waals surface area (Å²) in [5, 5.41) is 9.85. The van der Waals surface area contributed by atoms with Crippen molar-refractivity contribution in [2.75, 3.05) is 18.1 Å². The van der Waals surface area contributed by atoms with Crippen LogP contribution in [0.25, 0.3) is 0 Å². The maximum Gasteiger partial charge on any atom is 0.303 e. The fourth-order valence-corrected chi connectivity index (χ4v) is 3.66. The van der Waals surface area contributed by atoms with Gasteiger partial charge in [0.2, 0.25) is 0 Å². The Kier molecular flexibility index (Phi) is 5.47. The number of carbonyl (C=O) groups is 1. The van der Waals surface area contributed by atoms with Crippen molar-refractivity contribution < 1.29 is 14.6 Å². The highest BCUT2D eigenvalue weighted by Gasteiger charge is 2.43. The number of hydrogen-bond donors (Lipinski definition) is 1. The topological polar surface area (TPSA) is 46.5 Å². The van der Waals surface area contributed by atoms with Gasteiger partial charge in [0, 0.05) is 5.75 Å². The molecule has 0 atom stereocenters. The number of thioether (sulfide) groups is 1. The molecule has 0 saturated heterocycles. The molecule has 0 bridgehead atoms. The lowest BCUT2D eigenvalue weighted by Gasteiger charge is -2.13. The average molecular weight is 335 g/mol. The van der Waals surface area contributed by atoms with Gasteiger partial charge in [0.1, 0.15) is 0 Å². The predicted molar refractivity (Wildman–Crippen MR) is 83.2 cm³/mol. The van der Waals surface area contributed by atoms with Crippen molar-refractivity contribution >= 4 is 40.9 Å². The summed E-state index contributed by atoms with van der Waals surface area (Å²) in [6, 6.07) is 5.25. The zero-order valence-corrected chi connectivity index (χ0v) is 13.2. The molecule has 2 rings (SSSR count). The Morgan fingerprint density at radius 2 is 2.00 bits per heavy atom. The fraction of sp³-hybridized carbons (Fsp3) is 0.500. The lowest BCUT2D eigenvalue weighted by Crippen LogP contribution is -2.12. The Hall–Kier alpha value is -0.580. The monoisotopic (exact) mass is 334 g/mol. The van der Waals surface area contributed by atoms with Gasteiger partial charge in [-0.3, -0.25) is 4.79 Å². The molecule has 1 aliphatic carbocycles. The van der Waals surface area contributed by atoms with Crippen LogP contribution >= 0.6 is 35.0 Å². The standard InChI is InChI=1S/C14H16Cl2O3S/c15-10-2-1-3-11(16)13(10)19-6-7-20-9-14(4-5-14)8-12(17)18/h1-3H,4-9H2,(H,17,18). The van der Waals surface area contributed by atoms with Crippen LogP contribution in [0.15, 0.2) is 18.2 Å². The van der Waals surface area contributed by atoms with Gasteiger partial charge in [0.05, 0.1) is 23.1 Å². The third-order valence-corrected chi connectivity index (χ3v) is 5.15. The van der Waals surface area contributed by atoms with E-state index in [1.807, 2.05) is 0 Å². The Morgan fingerprint density at radius 3 is 2.55 bits per heavy atom. The van der Waals surface area contributed by atoms with Crippen molar-refractivity contribution in [1.82, 2.24) is 0 Å². The normalized spacial score (nSPS) is 15.9. The highest BCUT2D eigenvalue weighted by Crippen LogP contribution is 2.50. The molecule has 1 N–H and O–H groups in total. The van der Waals surface area contributed by atoms with E-state index < -0.39 is 5.97 Å². The maximum atomic E-state index is 10.7. The van der Waals surface area contributed by atoms with E-state index in [9.17, 15) is 4.79 Å². The second-order valence-corrected chi connectivity index (χ2v) is 6.94. The minimum Gasteiger partial charge on any atom is -0.490 e. The van der Waals surface area contributed by atoms with Crippen molar-refractivity contribution in [1.29, 1.82) is 0 Å². The molecule has 0 unspecified atom stereocenters. The summed E-state index contributed by atoms with van der Waals surface area (Å²) in [6.45, 7) is 0.511. The predicted octanol–water partition coefficient (Wildman–Crippen LogP) is 4.36. The first kappa shape index (κ1) is 15.8. The van der Waals surface area contributed by atoms with Gasteiger partial charge in [-0.05, 0) is 36.1 Å². The van der Waals surface area contributed by atoms with Gasteiger partial charge in [0.25, 0.3) is 0 Å². The first-order valence-corrected chi connectivity index (χ1v) is 8.30. The van der Waals surface area contributed by atoms with Crippen LogP contribution in [0.4, 0.5) is 0 Å². The number of halogens is 2. The molecule has 1 fully saturated rings. The van der Waals surface area contributed by atoms with Crippen LogP contribution in [0.5, 0.6) is 5.75 Å². The highest BCUT2D eigenvalue weighted by molar-refractivity contribution is 7.99. The van der Waals surface area contributed by atoms with Crippen molar-refractivity contribution in [2.45, 2.75) is 19.3 Å². The van der Waals surface area contributed by atoms with Gasteiger partial charge >= 0.3 is 5.97 Å². The summed E-state index contributed by atoms with van der Waals surface area (Å²) in [6.07, 6.45) is 2.31. The van der Waals surface area contributed by atoms with E-state index in [0.29, 0.717) is 22.4 Å². The van der Waals surface area contributed by atoms with Crippen LogP contribution in [-0.2, 0) is 4.79 Å². The quantitative estimate of drug-likeness (QED) is 0.717. The number of rotatable bonds is 8. The van der Waals surface area contributed by atoms with Crippen LogP contribution < -0.4 is 4.74 Å². The molecular weight excluding hydrogens is 319 g/mol. The molecule has 0 aromatic heterocycles. The van der Waals surface area contributed by atoms with Crippen molar-refractivity contribution in [3.63, 3.8) is 0 Å². The molecule has 0 heterocycles. The molecule has 110 valence electrons. The molecule has 0 amide bonds. The van der Waals surface area contributed by atoms with Gasteiger partial charge in [-0.25, -0.2) is 0 Å². The molecule has 1 aromatic carbocycles. The maximum absolute atomic E-state index is 10.7. The molecule has 3 nitrogen and oxygen atoms in total. The van der Waals surface area contributed by atoms with E-state index >= 15 is 0 Å². The third-order valence-electron chi connectivity index (χ3n) is 3.28. The van der Waals surface area contributed by atoms with E-state index in [0.717, 1.165) is 24.3 Å². The Labute approximate surface area is 132 Å². The third kappa shape index (κ3) is 4.47. The van der Waals surface area contributed by atoms with Crippen molar-refractivity contribution in [2.24, 2.45) is 5.41 Å². The molecule has 20 heavy (non-hydrogen) atoms. The molecule has 1 aliphatic rings. The van der Waals surface area contributed by atoms with Gasteiger partial charge in [0.15, 0.2) is 5.75 Å². The molecule has 1 saturated carbocycles. The number of hydrogen-bond acceptors (Lipinski definition) is 3. The number of ether oxygens (including phenoxy) is 1. The van der Waals surface area contributed by atoms with Crippen molar-refractivity contribution in [3.8, 4) is 5.75 Å². The van der Waals surface area contributed by atoms with Crippen LogP contribution in [0.2, 0.25) is 10.0 Å². The van der Waals surface area contributed by atoms with E-state index in [1.165, 1.54) is 0 Å². The first-order valence-electron chi connectivity index (χ1n) is 6.39. The molecule has 0 aliphatic heterocycles. The molecule has 0 radical (unpaired) electrons. The molecule has 6 heteroatoms. The second-order valence-electron chi connectivity index (χ2n) is 5.02. The number of carboxylic acids is 1. The largest absolute Gasteiger partial charge is 0.490 e. The van der Waals surface area contributed by atoms with Gasteiger partial charge in [-0.15, -0.1) is 0 Å². The van der Waals surface area contributed by atoms with E-state index in [1.54, 1.807) is 30.0 Å².